The summed E-state index contributed by atoms with van der Waals surface area (Å²) in [5, 5.41) is 11.4. The van der Waals surface area contributed by atoms with Crippen LogP contribution in [0.5, 0.6) is 5.75 Å². The van der Waals surface area contributed by atoms with Crippen LogP contribution >= 0.6 is 0 Å². The second kappa shape index (κ2) is 5.66. The van der Waals surface area contributed by atoms with E-state index in [1.54, 1.807) is 17.7 Å². The van der Waals surface area contributed by atoms with Crippen LogP contribution in [0.3, 0.4) is 0 Å². The third-order valence-corrected chi connectivity index (χ3v) is 3.84. The maximum absolute atomic E-state index is 11.4. The molecule has 0 saturated carbocycles. The average Bonchev–Trinajstić information content (AvgIpc) is 3.01. The summed E-state index contributed by atoms with van der Waals surface area (Å²) in [6, 6.07) is 16.7. The fourth-order valence-corrected chi connectivity index (χ4v) is 2.76. The van der Waals surface area contributed by atoms with Crippen LogP contribution in [-0.2, 0) is 0 Å². The van der Waals surface area contributed by atoms with Crippen molar-refractivity contribution in [2.24, 2.45) is 0 Å². The van der Waals surface area contributed by atoms with Gasteiger partial charge in [0.2, 0.25) is 0 Å². The maximum Gasteiger partial charge on any atom is 0.264 e. The first kappa shape index (κ1) is 14.2. The lowest BCUT2D eigenvalue weighted by molar-refractivity contribution is 0.416. The molecule has 0 amide bonds. The Labute approximate surface area is 137 Å². The fourth-order valence-electron chi connectivity index (χ4n) is 2.76. The lowest BCUT2D eigenvalue weighted by atomic mass is 10.0. The molecule has 0 atom stereocenters. The molecule has 4 rings (SSSR count). The largest absolute Gasteiger partial charge is 0.496 e. The van der Waals surface area contributed by atoms with Gasteiger partial charge >= 0.3 is 0 Å². The van der Waals surface area contributed by atoms with Gasteiger partial charge in [-0.25, -0.2) is 9.61 Å². The van der Waals surface area contributed by atoms with Crippen LogP contribution in [0.15, 0.2) is 65.6 Å². The molecule has 0 aliphatic heterocycles. The van der Waals surface area contributed by atoms with Gasteiger partial charge < -0.3 is 4.74 Å². The number of rotatable bonds is 3. The van der Waals surface area contributed by atoms with Crippen LogP contribution in [0, 0.1) is 0 Å². The molecule has 0 fully saturated rings. The topological polar surface area (TPSA) is 72.3 Å². The standard InChI is InChI=1S/C18H14N4O2/c1-24-15-8-3-2-6-12(15)18-17(13-9-10-16(23)20-19-13)14-7-4-5-11-22(14)21-18/h2-11H,1H3,(H,20,23). The molecule has 0 spiro atoms. The van der Waals surface area contributed by atoms with Crippen LogP contribution in [0.4, 0.5) is 0 Å². The summed E-state index contributed by atoms with van der Waals surface area (Å²) < 4.78 is 7.27. The van der Waals surface area contributed by atoms with E-state index in [9.17, 15) is 4.79 Å². The third kappa shape index (κ3) is 2.25. The highest BCUT2D eigenvalue weighted by Crippen LogP contribution is 2.37. The number of para-hydroxylation sites is 1. The smallest absolute Gasteiger partial charge is 0.264 e. The summed E-state index contributed by atoms with van der Waals surface area (Å²) in [7, 11) is 1.63. The van der Waals surface area contributed by atoms with E-state index in [0.717, 1.165) is 28.1 Å². The van der Waals surface area contributed by atoms with Gasteiger partial charge in [-0.3, -0.25) is 4.79 Å². The van der Waals surface area contributed by atoms with Crippen molar-refractivity contribution in [3.8, 4) is 28.3 Å². The lowest BCUT2D eigenvalue weighted by Crippen LogP contribution is -2.05. The molecule has 0 unspecified atom stereocenters. The maximum atomic E-state index is 11.4. The first-order chi connectivity index (χ1) is 11.8. The van der Waals surface area contributed by atoms with Gasteiger partial charge in [0.05, 0.1) is 23.9 Å². The molecule has 24 heavy (non-hydrogen) atoms. The summed E-state index contributed by atoms with van der Waals surface area (Å²) in [5.74, 6) is 0.728. The van der Waals surface area contributed by atoms with Crippen LogP contribution in [0.1, 0.15) is 0 Å². The highest BCUT2D eigenvalue weighted by molar-refractivity contribution is 5.92. The number of H-pyrrole nitrogens is 1. The Bertz CT molecular complexity index is 1060. The van der Waals surface area contributed by atoms with Gasteiger partial charge in [-0.05, 0) is 30.3 Å². The van der Waals surface area contributed by atoms with E-state index in [4.69, 9.17) is 9.84 Å². The number of methoxy groups -OCH3 is 1. The minimum absolute atomic E-state index is 0.242. The fraction of sp³-hybridized carbons (Fsp3) is 0.0556. The van der Waals surface area contributed by atoms with Gasteiger partial charge in [0.15, 0.2) is 0 Å². The molecule has 1 aromatic carbocycles. The summed E-state index contributed by atoms with van der Waals surface area (Å²) >= 11 is 0. The van der Waals surface area contributed by atoms with E-state index in [1.165, 1.54) is 6.07 Å². The number of hydrogen-bond acceptors (Lipinski definition) is 4. The SMILES string of the molecule is COc1ccccc1-c1nn2ccccc2c1-c1ccc(=O)[nH]n1. The quantitative estimate of drug-likeness (QED) is 0.630. The van der Waals surface area contributed by atoms with Gasteiger partial charge in [-0.15, -0.1) is 0 Å². The minimum Gasteiger partial charge on any atom is -0.496 e. The summed E-state index contributed by atoms with van der Waals surface area (Å²) in [6.45, 7) is 0. The number of aromatic nitrogens is 4. The zero-order chi connectivity index (χ0) is 16.5. The number of nitrogens with zero attached hydrogens (tertiary/aromatic N) is 3. The highest BCUT2D eigenvalue weighted by atomic mass is 16.5. The minimum atomic E-state index is -0.242. The molecule has 1 N–H and O–H groups in total. The van der Waals surface area contributed by atoms with Crippen LogP contribution in [0.25, 0.3) is 28.0 Å². The molecule has 0 bridgehead atoms. The molecule has 4 aromatic rings. The predicted octanol–water partition coefficient (Wildman–Crippen LogP) is 2.76. The normalized spacial score (nSPS) is 10.9. The van der Waals surface area contributed by atoms with Crippen LogP contribution in [0.2, 0.25) is 0 Å². The van der Waals surface area contributed by atoms with Crippen molar-refractivity contribution in [3.63, 3.8) is 0 Å². The van der Waals surface area contributed by atoms with Crippen molar-refractivity contribution in [2.75, 3.05) is 7.11 Å². The van der Waals surface area contributed by atoms with Crippen LogP contribution in [-0.4, -0.2) is 26.9 Å². The third-order valence-electron chi connectivity index (χ3n) is 3.84. The van der Waals surface area contributed by atoms with E-state index < -0.39 is 0 Å². The number of nitrogens with one attached hydrogen (secondary N) is 1. The Morgan fingerprint density at radius 3 is 2.67 bits per heavy atom. The van der Waals surface area contributed by atoms with Crippen molar-refractivity contribution in [3.05, 3.63) is 71.1 Å². The summed E-state index contributed by atoms with van der Waals surface area (Å²) in [4.78, 5) is 11.4. The molecule has 118 valence electrons. The molecule has 6 heteroatoms. The number of benzene rings is 1. The molecule has 6 nitrogen and oxygen atoms in total. The van der Waals surface area contributed by atoms with E-state index in [2.05, 4.69) is 10.2 Å². The Kier molecular flexibility index (Phi) is 3.35. The van der Waals surface area contributed by atoms with Gasteiger partial charge in [0, 0.05) is 17.8 Å². The van der Waals surface area contributed by atoms with Crippen molar-refractivity contribution in [1.29, 1.82) is 0 Å². The van der Waals surface area contributed by atoms with E-state index in [0.29, 0.717) is 5.69 Å². The van der Waals surface area contributed by atoms with Crippen LogP contribution < -0.4 is 10.3 Å². The zero-order valence-corrected chi connectivity index (χ0v) is 12.9. The lowest BCUT2D eigenvalue weighted by Gasteiger charge is -2.07. The molecular weight excluding hydrogens is 304 g/mol. The Hall–Kier alpha value is -3.41. The number of hydrogen-bond donors (Lipinski definition) is 1. The number of pyridine rings is 1. The Morgan fingerprint density at radius 2 is 1.88 bits per heavy atom. The van der Waals surface area contributed by atoms with Gasteiger partial charge in [-0.1, -0.05) is 18.2 Å². The Balaban J connectivity index is 2.07. The van der Waals surface area contributed by atoms with E-state index >= 15 is 0 Å². The van der Waals surface area contributed by atoms with E-state index in [-0.39, 0.29) is 5.56 Å². The molecular formula is C18H14N4O2. The molecule has 0 saturated heterocycles. The number of aromatic amines is 1. The van der Waals surface area contributed by atoms with Gasteiger partial charge in [-0.2, -0.15) is 10.2 Å². The predicted molar refractivity (Wildman–Crippen MR) is 91.0 cm³/mol. The molecule has 0 aliphatic rings. The monoisotopic (exact) mass is 318 g/mol. The van der Waals surface area contributed by atoms with E-state index in [1.807, 2.05) is 48.7 Å². The number of ether oxygens (including phenoxy) is 1. The van der Waals surface area contributed by atoms with Crippen molar-refractivity contribution >= 4 is 5.52 Å². The first-order valence-electron chi connectivity index (χ1n) is 7.45. The molecule has 0 aliphatic carbocycles. The second-order valence-electron chi connectivity index (χ2n) is 5.26. The number of fused-ring (bicyclic) bond motifs is 1. The molecule has 3 aromatic heterocycles. The Morgan fingerprint density at radius 1 is 1.04 bits per heavy atom. The van der Waals surface area contributed by atoms with Crippen molar-refractivity contribution < 1.29 is 4.74 Å². The average molecular weight is 318 g/mol. The molecule has 3 heterocycles. The molecule has 0 radical (unpaired) electrons. The second-order valence-corrected chi connectivity index (χ2v) is 5.26. The summed E-state index contributed by atoms with van der Waals surface area (Å²) in [5.41, 5.74) is 3.77. The van der Waals surface area contributed by atoms with Crippen molar-refractivity contribution in [1.82, 2.24) is 19.8 Å². The zero-order valence-electron chi connectivity index (χ0n) is 12.9. The van der Waals surface area contributed by atoms with Gasteiger partial charge in [0.25, 0.3) is 5.56 Å². The van der Waals surface area contributed by atoms with Gasteiger partial charge in [0.1, 0.15) is 11.4 Å². The first-order valence-corrected chi connectivity index (χ1v) is 7.45. The highest BCUT2D eigenvalue weighted by Gasteiger charge is 2.19. The van der Waals surface area contributed by atoms with Crippen molar-refractivity contribution in [2.45, 2.75) is 0 Å². The summed E-state index contributed by atoms with van der Waals surface area (Å²) in [6.07, 6.45) is 1.88.